The Morgan fingerprint density at radius 1 is 0.970 bits per heavy atom. The van der Waals surface area contributed by atoms with Gasteiger partial charge in [-0.1, -0.05) is 26.8 Å². The van der Waals surface area contributed by atoms with Crippen LogP contribution in [0.25, 0.3) is 0 Å². The zero-order valence-electron chi connectivity index (χ0n) is 19.5. The van der Waals surface area contributed by atoms with E-state index in [0.29, 0.717) is 35.9 Å². The molecule has 0 aliphatic carbocycles. The smallest absolute Gasteiger partial charge is 0.255 e. The molecule has 1 fully saturated rings. The number of amides is 2. The molecule has 33 heavy (non-hydrogen) atoms. The Bertz CT molecular complexity index is 1070. The molecular formula is C25H33N3O4S. The molecule has 0 aromatic heterocycles. The molecule has 0 saturated carbocycles. The van der Waals surface area contributed by atoms with Gasteiger partial charge in [-0.3, -0.25) is 9.59 Å². The van der Waals surface area contributed by atoms with Gasteiger partial charge in [-0.25, -0.2) is 8.42 Å². The van der Waals surface area contributed by atoms with Gasteiger partial charge in [0.05, 0.1) is 4.90 Å². The van der Waals surface area contributed by atoms with Crippen LogP contribution >= 0.6 is 0 Å². The molecule has 0 atom stereocenters. The first-order chi connectivity index (χ1) is 15.7. The van der Waals surface area contributed by atoms with Gasteiger partial charge in [-0.2, -0.15) is 4.31 Å². The van der Waals surface area contributed by atoms with E-state index in [0.717, 1.165) is 25.7 Å². The van der Waals surface area contributed by atoms with Crippen molar-refractivity contribution in [3.05, 3.63) is 54.1 Å². The number of hydrogen-bond acceptors (Lipinski definition) is 4. The summed E-state index contributed by atoms with van der Waals surface area (Å²) in [5.74, 6) is 0.0815. The second-order valence-electron chi connectivity index (χ2n) is 8.65. The molecule has 0 radical (unpaired) electrons. The fourth-order valence-electron chi connectivity index (χ4n) is 3.93. The van der Waals surface area contributed by atoms with Gasteiger partial charge in [-0.05, 0) is 74.1 Å². The summed E-state index contributed by atoms with van der Waals surface area (Å²) in [7, 11) is -3.53. The van der Waals surface area contributed by atoms with Crippen LogP contribution in [0.4, 0.5) is 11.4 Å². The van der Waals surface area contributed by atoms with E-state index in [1.165, 1.54) is 16.4 Å². The van der Waals surface area contributed by atoms with E-state index in [4.69, 9.17) is 0 Å². The van der Waals surface area contributed by atoms with E-state index in [1.54, 1.807) is 36.4 Å². The number of nitrogens with zero attached hydrogens (tertiary/aromatic N) is 1. The molecular weight excluding hydrogens is 438 g/mol. The summed E-state index contributed by atoms with van der Waals surface area (Å²) in [5.41, 5.74) is 1.46. The van der Waals surface area contributed by atoms with Crippen LogP contribution in [0.2, 0.25) is 0 Å². The van der Waals surface area contributed by atoms with Gasteiger partial charge in [0.25, 0.3) is 5.91 Å². The van der Waals surface area contributed by atoms with Crippen LogP contribution in [-0.4, -0.2) is 37.6 Å². The molecule has 1 aliphatic heterocycles. The molecule has 0 unspecified atom stereocenters. The first kappa shape index (κ1) is 24.9. The summed E-state index contributed by atoms with van der Waals surface area (Å²) in [6.07, 6.45) is 3.24. The van der Waals surface area contributed by atoms with Crippen molar-refractivity contribution in [3.63, 3.8) is 0 Å². The molecule has 8 heteroatoms. The Morgan fingerprint density at radius 3 is 2.21 bits per heavy atom. The van der Waals surface area contributed by atoms with Crippen LogP contribution in [0.1, 0.15) is 56.8 Å². The first-order valence-corrected chi connectivity index (χ1v) is 13.0. The number of benzene rings is 2. The first-order valence-electron chi connectivity index (χ1n) is 11.6. The molecule has 0 bridgehead atoms. The number of anilines is 2. The van der Waals surface area contributed by atoms with Crippen molar-refractivity contribution in [2.75, 3.05) is 23.7 Å². The molecule has 2 amide bonds. The number of nitrogens with one attached hydrogen (secondary N) is 2. The standard InChI is InChI=1S/C25H33N3O4S/c1-4-19(5-2)24(29)27-22-8-6-7-20(17-22)25(30)26-21-9-11-23(12-10-21)33(31,32)28-15-13-18(3)14-16-28/h6-12,17-19H,4-5,13-16H2,1-3H3,(H,26,30)(H,27,29). The van der Waals surface area contributed by atoms with E-state index in [2.05, 4.69) is 17.6 Å². The molecule has 2 N–H and O–H groups in total. The second kappa shape index (κ2) is 10.9. The van der Waals surface area contributed by atoms with Gasteiger partial charge in [0.2, 0.25) is 15.9 Å². The van der Waals surface area contributed by atoms with Gasteiger partial charge >= 0.3 is 0 Å². The maximum atomic E-state index is 12.9. The molecule has 7 nitrogen and oxygen atoms in total. The lowest BCUT2D eigenvalue weighted by Gasteiger charge is -2.29. The summed E-state index contributed by atoms with van der Waals surface area (Å²) < 4.78 is 27.3. The Labute approximate surface area is 196 Å². The lowest BCUT2D eigenvalue weighted by atomic mass is 10.0. The fourth-order valence-corrected chi connectivity index (χ4v) is 5.40. The van der Waals surface area contributed by atoms with E-state index in [9.17, 15) is 18.0 Å². The van der Waals surface area contributed by atoms with Crippen molar-refractivity contribution in [2.45, 2.75) is 51.3 Å². The van der Waals surface area contributed by atoms with E-state index >= 15 is 0 Å². The number of piperidine rings is 1. The van der Waals surface area contributed by atoms with Crippen LogP contribution in [0.5, 0.6) is 0 Å². The van der Waals surface area contributed by atoms with Gasteiger partial charge < -0.3 is 10.6 Å². The van der Waals surface area contributed by atoms with Gasteiger partial charge in [-0.15, -0.1) is 0 Å². The number of carbonyl (C=O) groups excluding carboxylic acids is 2. The normalized spacial score (nSPS) is 15.4. The topological polar surface area (TPSA) is 95.6 Å². The number of sulfonamides is 1. The fraction of sp³-hybridized carbons (Fsp3) is 0.440. The minimum Gasteiger partial charge on any atom is -0.326 e. The van der Waals surface area contributed by atoms with Crippen LogP contribution in [0, 0.1) is 11.8 Å². The minimum absolute atomic E-state index is 0.0579. The molecule has 1 heterocycles. The van der Waals surface area contributed by atoms with Crippen LogP contribution in [0.15, 0.2) is 53.4 Å². The third-order valence-electron chi connectivity index (χ3n) is 6.24. The van der Waals surface area contributed by atoms with Crippen LogP contribution in [-0.2, 0) is 14.8 Å². The summed E-state index contributed by atoms with van der Waals surface area (Å²) in [4.78, 5) is 25.3. The predicted octanol–water partition coefficient (Wildman–Crippen LogP) is 4.73. The quantitative estimate of drug-likeness (QED) is 0.582. The third-order valence-corrected chi connectivity index (χ3v) is 8.15. The van der Waals surface area contributed by atoms with Crippen molar-refractivity contribution in [2.24, 2.45) is 11.8 Å². The number of hydrogen-bond donors (Lipinski definition) is 2. The highest BCUT2D eigenvalue weighted by atomic mass is 32.2. The van der Waals surface area contributed by atoms with Gasteiger partial charge in [0.1, 0.15) is 0 Å². The van der Waals surface area contributed by atoms with Crippen molar-refractivity contribution >= 4 is 33.2 Å². The largest absolute Gasteiger partial charge is 0.326 e. The average Bonchev–Trinajstić information content (AvgIpc) is 2.80. The summed E-state index contributed by atoms with van der Waals surface area (Å²) in [6, 6.07) is 13.0. The maximum absolute atomic E-state index is 12.9. The maximum Gasteiger partial charge on any atom is 0.255 e. The Hall–Kier alpha value is -2.71. The van der Waals surface area contributed by atoms with Gasteiger partial charge in [0, 0.05) is 35.9 Å². The van der Waals surface area contributed by atoms with E-state index in [1.807, 2.05) is 13.8 Å². The Balaban J connectivity index is 1.66. The SMILES string of the molecule is CCC(CC)C(=O)Nc1cccc(C(=O)Nc2ccc(S(=O)(=O)N3CCC(C)CC3)cc2)c1. The molecule has 178 valence electrons. The highest BCUT2D eigenvalue weighted by Crippen LogP contribution is 2.24. The molecule has 2 aromatic rings. The highest BCUT2D eigenvalue weighted by molar-refractivity contribution is 7.89. The van der Waals surface area contributed by atoms with Gasteiger partial charge in [0.15, 0.2) is 0 Å². The van der Waals surface area contributed by atoms with Crippen molar-refractivity contribution in [1.29, 1.82) is 0 Å². The molecule has 0 spiro atoms. The number of rotatable bonds is 8. The summed E-state index contributed by atoms with van der Waals surface area (Å²) in [6.45, 7) is 7.15. The zero-order chi connectivity index (χ0) is 24.0. The monoisotopic (exact) mass is 471 g/mol. The Morgan fingerprint density at radius 2 is 1.61 bits per heavy atom. The zero-order valence-corrected chi connectivity index (χ0v) is 20.3. The van der Waals surface area contributed by atoms with E-state index < -0.39 is 10.0 Å². The van der Waals surface area contributed by atoms with Crippen molar-refractivity contribution in [1.82, 2.24) is 4.31 Å². The predicted molar refractivity (Wildman–Crippen MR) is 131 cm³/mol. The van der Waals surface area contributed by atoms with Crippen LogP contribution in [0.3, 0.4) is 0 Å². The molecule has 2 aromatic carbocycles. The van der Waals surface area contributed by atoms with Crippen molar-refractivity contribution < 1.29 is 18.0 Å². The lowest BCUT2D eigenvalue weighted by Crippen LogP contribution is -2.37. The summed E-state index contributed by atoms with van der Waals surface area (Å²) in [5, 5.41) is 5.66. The average molecular weight is 472 g/mol. The second-order valence-corrected chi connectivity index (χ2v) is 10.6. The van der Waals surface area contributed by atoms with Crippen molar-refractivity contribution in [3.8, 4) is 0 Å². The number of carbonyl (C=O) groups is 2. The Kier molecular flexibility index (Phi) is 8.26. The molecule has 1 aliphatic rings. The summed E-state index contributed by atoms with van der Waals surface area (Å²) >= 11 is 0. The highest BCUT2D eigenvalue weighted by Gasteiger charge is 2.28. The molecule has 1 saturated heterocycles. The minimum atomic E-state index is -3.53. The van der Waals surface area contributed by atoms with E-state index in [-0.39, 0.29) is 22.6 Å². The molecule has 3 rings (SSSR count). The lowest BCUT2D eigenvalue weighted by molar-refractivity contribution is -0.120. The third kappa shape index (κ3) is 6.21. The van der Waals surface area contributed by atoms with Crippen LogP contribution < -0.4 is 10.6 Å².